The van der Waals surface area contributed by atoms with Crippen molar-refractivity contribution in [1.82, 2.24) is 14.8 Å². The molecule has 2 aromatic carbocycles. The number of carbonyl (C=O) groups excluding carboxylic acids is 1. The number of halogens is 1. The van der Waals surface area contributed by atoms with E-state index < -0.39 is 5.97 Å². The minimum atomic E-state index is -0.566. The maximum Gasteiger partial charge on any atom is 0.378 e. The fourth-order valence-corrected chi connectivity index (χ4v) is 2.90. The molecule has 0 saturated carbocycles. The second-order valence-electron chi connectivity index (χ2n) is 5.94. The van der Waals surface area contributed by atoms with E-state index in [1.807, 2.05) is 37.3 Å². The van der Waals surface area contributed by atoms with Gasteiger partial charge >= 0.3 is 5.97 Å². The third kappa shape index (κ3) is 4.43. The quantitative estimate of drug-likeness (QED) is 0.557. The Hall–Kier alpha value is -3.06. The molecule has 1 aromatic heterocycles. The summed E-state index contributed by atoms with van der Waals surface area (Å²) in [7, 11) is 1.63. The van der Waals surface area contributed by atoms with Gasteiger partial charge in [-0.05, 0) is 49.2 Å². The van der Waals surface area contributed by atoms with Crippen LogP contribution < -0.4 is 9.47 Å². The van der Waals surface area contributed by atoms with Crippen molar-refractivity contribution in [2.75, 3.05) is 13.7 Å². The van der Waals surface area contributed by atoms with Gasteiger partial charge in [-0.25, -0.2) is 14.5 Å². The number of hydrogen-bond donors (Lipinski definition) is 0. The zero-order valence-electron chi connectivity index (χ0n) is 15.8. The number of aryl methyl sites for hydroxylation is 1. The molecule has 3 aromatic rings. The van der Waals surface area contributed by atoms with Crippen LogP contribution in [0.25, 0.3) is 5.69 Å². The van der Waals surface area contributed by atoms with Crippen molar-refractivity contribution in [3.8, 4) is 17.2 Å². The first-order valence-electron chi connectivity index (χ1n) is 8.67. The summed E-state index contributed by atoms with van der Waals surface area (Å²) in [5.41, 5.74) is 2.50. The van der Waals surface area contributed by atoms with E-state index >= 15 is 0 Å². The summed E-state index contributed by atoms with van der Waals surface area (Å²) < 4.78 is 17.4. The van der Waals surface area contributed by atoms with Crippen LogP contribution >= 0.6 is 11.6 Å². The monoisotopic (exact) mass is 401 g/mol. The Kier molecular flexibility index (Phi) is 6.16. The van der Waals surface area contributed by atoms with E-state index in [4.69, 9.17) is 25.8 Å². The predicted molar refractivity (Wildman–Crippen MR) is 104 cm³/mol. The van der Waals surface area contributed by atoms with Gasteiger partial charge in [-0.2, -0.15) is 0 Å². The average molecular weight is 402 g/mol. The van der Waals surface area contributed by atoms with Gasteiger partial charge in [0.05, 0.1) is 24.4 Å². The Morgan fingerprint density at radius 2 is 1.96 bits per heavy atom. The molecule has 0 aliphatic carbocycles. The van der Waals surface area contributed by atoms with Crippen molar-refractivity contribution in [2.24, 2.45) is 0 Å². The second-order valence-corrected chi connectivity index (χ2v) is 6.35. The number of methoxy groups -OCH3 is 1. The van der Waals surface area contributed by atoms with E-state index in [9.17, 15) is 4.79 Å². The number of aromatic nitrogens is 3. The summed E-state index contributed by atoms with van der Waals surface area (Å²) in [6, 6.07) is 11.2. The highest BCUT2D eigenvalue weighted by molar-refractivity contribution is 6.32. The minimum absolute atomic E-state index is 0.00421. The van der Waals surface area contributed by atoms with Crippen molar-refractivity contribution < 1.29 is 19.0 Å². The first kappa shape index (κ1) is 19.7. The molecule has 146 valence electrons. The van der Waals surface area contributed by atoms with Crippen molar-refractivity contribution in [2.45, 2.75) is 20.5 Å². The van der Waals surface area contributed by atoms with Gasteiger partial charge in [-0.1, -0.05) is 23.7 Å². The van der Waals surface area contributed by atoms with Crippen LogP contribution in [0.5, 0.6) is 11.5 Å². The normalized spacial score (nSPS) is 10.6. The number of nitrogens with zero attached hydrogens (tertiary/aromatic N) is 3. The summed E-state index contributed by atoms with van der Waals surface area (Å²) in [6.45, 7) is 4.25. The summed E-state index contributed by atoms with van der Waals surface area (Å²) in [6.07, 6.45) is 1.44. The van der Waals surface area contributed by atoms with Gasteiger partial charge < -0.3 is 14.2 Å². The zero-order valence-corrected chi connectivity index (χ0v) is 16.6. The molecular formula is C20H20ClN3O4. The van der Waals surface area contributed by atoms with Crippen LogP contribution in [-0.4, -0.2) is 34.5 Å². The molecule has 7 nitrogen and oxygen atoms in total. The maximum atomic E-state index is 11.7. The minimum Gasteiger partial charge on any atom is -0.497 e. The van der Waals surface area contributed by atoms with Gasteiger partial charge in [-0.15, -0.1) is 5.10 Å². The lowest BCUT2D eigenvalue weighted by molar-refractivity contribution is 0.0512. The molecular weight excluding hydrogens is 382 g/mol. The Balaban J connectivity index is 1.76. The number of esters is 1. The van der Waals surface area contributed by atoms with Crippen LogP contribution in [0.15, 0.2) is 42.7 Å². The number of hydrogen-bond acceptors (Lipinski definition) is 6. The van der Waals surface area contributed by atoms with Gasteiger partial charge in [-0.3, -0.25) is 0 Å². The average Bonchev–Trinajstić information content (AvgIpc) is 3.18. The third-order valence-electron chi connectivity index (χ3n) is 3.97. The van der Waals surface area contributed by atoms with Crippen LogP contribution in [-0.2, 0) is 11.3 Å². The van der Waals surface area contributed by atoms with Crippen molar-refractivity contribution in [3.63, 3.8) is 0 Å². The topological polar surface area (TPSA) is 75.5 Å². The maximum absolute atomic E-state index is 11.7. The SMILES string of the molecule is CCOC(=O)c1ncn(-c2cc(C)c(OCc3ccc(OC)cc3)c(Cl)c2)n1. The van der Waals surface area contributed by atoms with Crippen LogP contribution in [0.3, 0.4) is 0 Å². The molecule has 8 heteroatoms. The van der Waals surface area contributed by atoms with Crippen molar-refractivity contribution >= 4 is 17.6 Å². The fraction of sp³-hybridized carbons (Fsp3) is 0.250. The summed E-state index contributed by atoms with van der Waals surface area (Å²) >= 11 is 6.42. The predicted octanol–water partition coefficient (Wildman–Crippen LogP) is 3.99. The van der Waals surface area contributed by atoms with Crippen molar-refractivity contribution in [3.05, 3.63) is 64.7 Å². The molecule has 0 N–H and O–H groups in total. The van der Waals surface area contributed by atoms with Crippen LogP contribution in [0.4, 0.5) is 0 Å². The number of carbonyl (C=O) groups is 1. The number of ether oxygens (including phenoxy) is 3. The lowest BCUT2D eigenvalue weighted by atomic mass is 10.2. The molecule has 0 unspecified atom stereocenters. The molecule has 28 heavy (non-hydrogen) atoms. The lowest BCUT2D eigenvalue weighted by Crippen LogP contribution is -2.08. The van der Waals surface area contributed by atoms with E-state index in [0.29, 0.717) is 23.1 Å². The first-order valence-corrected chi connectivity index (χ1v) is 9.04. The molecule has 0 bridgehead atoms. The first-order chi connectivity index (χ1) is 13.5. The fourth-order valence-electron chi connectivity index (χ4n) is 2.58. The highest BCUT2D eigenvalue weighted by Crippen LogP contribution is 2.32. The standard InChI is InChI=1S/C20H20ClN3O4/c1-4-27-20(25)19-22-12-24(23-19)15-9-13(2)18(17(21)10-15)28-11-14-5-7-16(26-3)8-6-14/h5-10,12H,4,11H2,1-3H3. The number of rotatable bonds is 7. The molecule has 0 amide bonds. The van der Waals surface area contributed by atoms with E-state index in [1.165, 1.54) is 11.0 Å². The zero-order chi connectivity index (χ0) is 20.1. The van der Waals surface area contributed by atoms with Gasteiger partial charge in [0.15, 0.2) is 0 Å². The number of benzene rings is 2. The van der Waals surface area contributed by atoms with E-state index in [-0.39, 0.29) is 12.4 Å². The molecule has 0 fully saturated rings. The molecule has 0 aliphatic heterocycles. The van der Waals surface area contributed by atoms with E-state index in [2.05, 4.69) is 10.1 Å². The Morgan fingerprint density at radius 1 is 1.21 bits per heavy atom. The third-order valence-corrected chi connectivity index (χ3v) is 4.25. The second kappa shape index (κ2) is 8.75. The molecule has 3 rings (SSSR count). The van der Waals surface area contributed by atoms with Gasteiger partial charge in [0.1, 0.15) is 24.4 Å². The lowest BCUT2D eigenvalue weighted by Gasteiger charge is -2.13. The largest absolute Gasteiger partial charge is 0.497 e. The molecule has 0 saturated heterocycles. The Morgan fingerprint density at radius 3 is 2.61 bits per heavy atom. The van der Waals surface area contributed by atoms with Gasteiger partial charge in [0.2, 0.25) is 0 Å². The van der Waals surface area contributed by atoms with Crippen LogP contribution in [0.1, 0.15) is 28.7 Å². The molecule has 0 atom stereocenters. The summed E-state index contributed by atoms with van der Waals surface area (Å²) in [5, 5.41) is 4.58. The Bertz CT molecular complexity index is 947. The van der Waals surface area contributed by atoms with Crippen molar-refractivity contribution in [1.29, 1.82) is 0 Å². The highest BCUT2D eigenvalue weighted by atomic mass is 35.5. The molecule has 0 radical (unpaired) electrons. The van der Waals surface area contributed by atoms with Gasteiger partial charge in [0.25, 0.3) is 5.82 Å². The molecule has 1 heterocycles. The molecule has 0 aliphatic rings. The van der Waals surface area contributed by atoms with E-state index in [0.717, 1.165) is 16.9 Å². The Labute approximate surface area is 167 Å². The van der Waals surface area contributed by atoms with Crippen LogP contribution in [0.2, 0.25) is 5.02 Å². The summed E-state index contributed by atoms with van der Waals surface area (Å²) in [5.74, 6) is 0.809. The van der Waals surface area contributed by atoms with Crippen LogP contribution in [0, 0.1) is 6.92 Å². The molecule has 0 spiro atoms. The summed E-state index contributed by atoms with van der Waals surface area (Å²) in [4.78, 5) is 15.7. The highest BCUT2D eigenvalue weighted by Gasteiger charge is 2.15. The van der Waals surface area contributed by atoms with E-state index in [1.54, 1.807) is 20.1 Å². The van der Waals surface area contributed by atoms with Gasteiger partial charge in [0, 0.05) is 0 Å². The smallest absolute Gasteiger partial charge is 0.378 e.